The van der Waals surface area contributed by atoms with Gasteiger partial charge in [-0.1, -0.05) is 0 Å². The SMILES string of the molecule is O=[N+]([O-])c1ccc(I)c(S(=O)(=O)Cl)c1OC(F)F. The molecule has 0 unspecified atom stereocenters. The Bertz CT molecular complexity index is 594. The largest absolute Gasteiger partial charge is 0.426 e. The summed E-state index contributed by atoms with van der Waals surface area (Å²) in [6.07, 6.45) is 0. The van der Waals surface area contributed by atoms with Gasteiger partial charge in [0.05, 0.1) is 4.92 Å². The Hall–Kier alpha value is -0.750. The van der Waals surface area contributed by atoms with Crippen LogP contribution in [0, 0.1) is 13.7 Å². The third-order valence-corrected chi connectivity index (χ3v) is 4.31. The number of benzene rings is 1. The molecule has 1 rings (SSSR count). The molecule has 0 aliphatic carbocycles. The lowest BCUT2D eigenvalue weighted by atomic mass is 10.3. The Kier molecular flexibility index (Phi) is 4.66. The van der Waals surface area contributed by atoms with Gasteiger partial charge >= 0.3 is 12.3 Å². The maximum Gasteiger partial charge on any atom is 0.387 e. The summed E-state index contributed by atoms with van der Waals surface area (Å²) in [4.78, 5) is 8.74. The standard InChI is InChI=1S/C7H3ClF2INO5S/c8-18(15,16)6-3(11)1-2-4(12(13)14)5(6)17-7(9)10/h1-2,7H. The van der Waals surface area contributed by atoms with E-state index in [4.69, 9.17) is 10.7 Å². The van der Waals surface area contributed by atoms with Crippen molar-refractivity contribution in [1.82, 2.24) is 0 Å². The van der Waals surface area contributed by atoms with Crippen LogP contribution in [0.15, 0.2) is 17.0 Å². The summed E-state index contributed by atoms with van der Waals surface area (Å²) in [5.41, 5.74) is -0.907. The predicted octanol–water partition coefficient (Wildman–Crippen LogP) is 2.73. The van der Waals surface area contributed by atoms with E-state index in [1.807, 2.05) is 0 Å². The van der Waals surface area contributed by atoms with Gasteiger partial charge in [0.25, 0.3) is 9.05 Å². The van der Waals surface area contributed by atoms with Crippen molar-refractivity contribution in [3.63, 3.8) is 0 Å². The number of rotatable bonds is 4. The maximum absolute atomic E-state index is 12.2. The number of hydrogen-bond donors (Lipinski definition) is 0. The van der Waals surface area contributed by atoms with Crippen molar-refractivity contribution >= 4 is 48.0 Å². The molecule has 6 nitrogen and oxygen atoms in total. The van der Waals surface area contributed by atoms with Crippen LogP contribution in [0.2, 0.25) is 0 Å². The second kappa shape index (κ2) is 5.48. The smallest absolute Gasteiger partial charge is 0.387 e. The van der Waals surface area contributed by atoms with Gasteiger partial charge in [-0.25, -0.2) is 8.42 Å². The van der Waals surface area contributed by atoms with Crippen LogP contribution >= 0.6 is 33.3 Å². The summed E-state index contributed by atoms with van der Waals surface area (Å²) in [6.45, 7) is -3.42. The average molecular weight is 414 g/mol. The van der Waals surface area contributed by atoms with Gasteiger partial charge in [-0.2, -0.15) is 8.78 Å². The number of halogens is 4. The molecule has 11 heteroatoms. The summed E-state index contributed by atoms with van der Waals surface area (Å²) >= 11 is 1.49. The van der Waals surface area contributed by atoms with Gasteiger partial charge < -0.3 is 4.74 Å². The summed E-state index contributed by atoms with van der Waals surface area (Å²) in [5, 5.41) is 10.6. The van der Waals surface area contributed by atoms with E-state index in [0.717, 1.165) is 12.1 Å². The number of ether oxygens (including phenoxy) is 1. The summed E-state index contributed by atoms with van der Waals surface area (Å²) < 4.78 is 50.7. The highest BCUT2D eigenvalue weighted by Crippen LogP contribution is 2.39. The quantitative estimate of drug-likeness (QED) is 0.328. The van der Waals surface area contributed by atoms with Gasteiger partial charge in [0, 0.05) is 20.3 Å². The molecule has 0 spiro atoms. The molecule has 0 aliphatic heterocycles. The fraction of sp³-hybridized carbons (Fsp3) is 0.143. The normalized spacial score (nSPS) is 11.6. The Morgan fingerprint density at radius 3 is 2.39 bits per heavy atom. The second-order valence-corrected chi connectivity index (χ2v) is 6.46. The molecule has 0 atom stereocenters. The van der Waals surface area contributed by atoms with Crippen LogP contribution in [0.25, 0.3) is 0 Å². The maximum atomic E-state index is 12.2. The van der Waals surface area contributed by atoms with Crippen LogP contribution in [-0.2, 0) is 9.05 Å². The molecule has 0 aliphatic rings. The Balaban J connectivity index is 3.66. The molecule has 0 heterocycles. The zero-order valence-corrected chi connectivity index (χ0v) is 11.9. The van der Waals surface area contributed by atoms with E-state index in [0.29, 0.717) is 0 Å². The van der Waals surface area contributed by atoms with Gasteiger partial charge in [0.15, 0.2) is 0 Å². The van der Waals surface area contributed by atoms with E-state index >= 15 is 0 Å². The van der Waals surface area contributed by atoms with Crippen molar-refractivity contribution in [2.75, 3.05) is 0 Å². The molecule has 0 saturated heterocycles. The molecule has 1 aromatic rings. The first-order chi connectivity index (χ1) is 8.14. The Labute approximate surface area is 118 Å². The molecule has 0 bridgehead atoms. The van der Waals surface area contributed by atoms with Crippen molar-refractivity contribution in [2.45, 2.75) is 11.5 Å². The van der Waals surface area contributed by atoms with E-state index in [1.165, 1.54) is 22.6 Å². The lowest BCUT2D eigenvalue weighted by molar-refractivity contribution is -0.386. The van der Waals surface area contributed by atoms with Crippen molar-refractivity contribution in [3.8, 4) is 5.75 Å². The van der Waals surface area contributed by atoms with Gasteiger partial charge in [-0.05, 0) is 28.7 Å². The van der Waals surface area contributed by atoms with Crippen LogP contribution in [0.5, 0.6) is 5.75 Å². The third kappa shape index (κ3) is 3.38. The van der Waals surface area contributed by atoms with E-state index in [9.17, 15) is 27.3 Å². The van der Waals surface area contributed by atoms with Crippen molar-refractivity contribution < 1.29 is 26.9 Å². The monoisotopic (exact) mass is 413 g/mol. The molecular weight excluding hydrogens is 410 g/mol. The lowest BCUT2D eigenvalue weighted by Gasteiger charge is -2.10. The summed E-state index contributed by atoms with van der Waals surface area (Å²) in [5.74, 6) is -1.07. The van der Waals surface area contributed by atoms with E-state index < -0.39 is 36.9 Å². The number of nitrogens with zero attached hydrogens (tertiary/aromatic N) is 1. The molecule has 100 valence electrons. The van der Waals surface area contributed by atoms with Crippen LogP contribution in [-0.4, -0.2) is 20.0 Å². The van der Waals surface area contributed by atoms with E-state index in [-0.39, 0.29) is 3.57 Å². The molecule has 0 radical (unpaired) electrons. The number of hydrogen-bond acceptors (Lipinski definition) is 5. The number of nitro benzene ring substituents is 1. The highest BCUT2D eigenvalue weighted by Gasteiger charge is 2.31. The molecule has 0 fully saturated rings. The van der Waals surface area contributed by atoms with Gasteiger partial charge in [-0.3, -0.25) is 10.1 Å². The molecule has 18 heavy (non-hydrogen) atoms. The average Bonchev–Trinajstić information content (AvgIpc) is 2.13. The molecule has 0 saturated carbocycles. The van der Waals surface area contributed by atoms with Crippen LogP contribution in [0.3, 0.4) is 0 Å². The minimum atomic E-state index is -4.46. The number of nitro groups is 1. The summed E-state index contributed by atoms with van der Waals surface area (Å²) in [6, 6.07) is 1.91. The van der Waals surface area contributed by atoms with Crippen LogP contribution in [0.4, 0.5) is 14.5 Å². The first kappa shape index (κ1) is 15.3. The van der Waals surface area contributed by atoms with Crippen LogP contribution < -0.4 is 4.74 Å². The first-order valence-electron chi connectivity index (χ1n) is 4.01. The lowest BCUT2D eigenvalue weighted by Crippen LogP contribution is -2.09. The zero-order valence-electron chi connectivity index (χ0n) is 8.14. The fourth-order valence-electron chi connectivity index (χ4n) is 1.10. The third-order valence-electron chi connectivity index (χ3n) is 1.69. The summed E-state index contributed by atoms with van der Waals surface area (Å²) in [7, 11) is 0.585. The predicted molar refractivity (Wildman–Crippen MR) is 65.5 cm³/mol. The minimum absolute atomic E-state index is 0.0659. The van der Waals surface area contributed by atoms with E-state index in [2.05, 4.69) is 4.74 Å². The van der Waals surface area contributed by atoms with Crippen molar-refractivity contribution in [1.29, 1.82) is 0 Å². The number of alkyl halides is 2. The molecular formula is C7H3ClF2INO5S. The highest BCUT2D eigenvalue weighted by molar-refractivity contribution is 14.1. The molecule has 0 N–H and O–H groups in total. The molecule has 0 aromatic heterocycles. The minimum Gasteiger partial charge on any atom is -0.426 e. The van der Waals surface area contributed by atoms with Crippen molar-refractivity contribution in [2.24, 2.45) is 0 Å². The Morgan fingerprint density at radius 2 is 2.00 bits per heavy atom. The fourth-order valence-corrected chi connectivity index (χ4v) is 3.92. The van der Waals surface area contributed by atoms with Gasteiger partial charge in [0.2, 0.25) is 5.75 Å². The zero-order chi connectivity index (χ0) is 14.1. The van der Waals surface area contributed by atoms with Crippen LogP contribution in [0.1, 0.15) is 0 Å². The van der Waals surface area contributed by atoms with Gasteiger partial charge in [0.1, 0.15) is 4.90 Å². The van der Waals surface area contributed by atoms with Gasteiger partial charge in [-0.15, -0.1) is 0 Å². The Morgan fingerprint density at radius 1 is 1.44 bits per heavy atom. The first-order valence-corrected chi connectivity index (χ1v) is 7.39. The molecule has 1 aromatic carbocycles. The highest BCUT2D eigenvalue weighted by atomic mass is 127. The topological polar surface area (TPSA) is 86.5 Å². The van der Waals surface area contributed by atoms with E-state index in [1.54, 1.807) is 0 Å². The van der Waals surface area contributed by atoms with Crippen molar-refractivity contribution in [3.05, 3.63) is 25.8 Å². The second-order valence-electron chi connectivity index (χ2n) is 2.80. The molecule has 0 amide bonds.